The topological polar surface area (TPSA) is 335 Å². The summed E-state index contributed by atoms with van der Waals surface area (Å²) in [6, 6.07) is 6.24. The van der Waals surface area contributed by atoms with Gasteiger partial charge in [-0.15, -0.1) is 8.67 Å². The molecule has 6 aromatic carbocycles. The third-order valence-corrected chi connectivity index (χ3v) is 11.3. The first-order valence-electron chi connectivity index (χ1n) is 13.8. The summed E-state index contributed by atoms with van der Waals surface area (Å²) >= 11 is 0.638. The van der Waals surface area contributed by atoms with Crippen LogP contribution in [0.25, 0.3) is 65.2 Å². The molecule has 0 aliphatic heterocycles. The van der Waals surface area contributed by atoms with E-state index in [-0.39, 0.29) is 43.5 Å². The van der Waals surface area contributed by atoms with Crippen molar-refractivity contribution in [2.75, 3.05) is 11.5 Å². The second-order valence-corrected chi connectivity index (χ2v) is 15.1. The van der Waals surface area contributed by atoms with Crippen LogP contribution in [0.2, 0.25) is 0 Å². The molecule has 0 aliphatic rings. The number of H-pyrrole nitrogens is 2. The van der Waals surface area contributed by atoms with Crippen molar-refractivity contribution >= 4 is 121 Å². The zero-order valence-electron chi connectivity index (χ0n) is 24.9. The second kappa shape index (κ2) is 12.3. The predicted molar refractivity (Wildman–Crippen MR) is 182 cm³/mol. The highest BCUT2D eigenvalue weighted by molar-refractivity contribution is 7.95. The smallest absolute Gasteiger partial charge is 0.303 e. The Morgan fingerprint density at radius 3 is 1.65 bits per heavy atom. The number of nitrogens with one attached hydrogen (secondary N) is 2. The molecule has 0 radical (unpaired) electrons. The molecule has 1 heterocycles. The maximum Gasteiger partial charge on any atom is 0.303 e. The number of fused-ring (bicyclic) bond motifs is 8. The van der Waals surface area contributed by atoms with Gasteiger partial charge in [-0.2, -0.15) is 26.8 Å². The highest BCUT2D eigenvalue weighted by atomic mass is 32.2. The van der Waals surface area contributed by atoms with Crippen LogP contribution in [0.15, 0.2) is 75.2 Å². The number of hydrogen-bond donors (Lipinski definition) is 6. The lowest BCUT2D eigenvalue weighted by Crippen LogP contribution is -2.28. The van der Waals surface area contributed by atoms with Gasteiger partial charge in [0.05, 0.1) is 51.1 Å². The van der Waals surface area contributed by atoms with Crippen LogP contribution < -0.4 is 43.2 Å². The standard InChI is InChI=1S/C28H14N4O16S4/c29-17-13-15(26(36)12-6-8(51(39,40)41)2-4-10(12)23(13)33)19-21(27(17)50-48-46-38)31-20-16-14(18(30)28(22(20)32-19)52(42,43)44)24(34)9-3-1-7(49-47-45-37)5-11(9)25(16)35/h1-6,37-38H,29-30H2,(H,39,40,41)(H,42,43,44)/p+2. The third-order valence-electron chi connectivity index (χ3n) is 8.22. The van der Waals surface area contributed by atoms with E-state index in [4.69, 9.17) is 22.0 Å². The van der Waals surface area contributed by atoms with Crippen LogP contribution >= 0.6 is 24.1 Å². The van der Waals surface area contributed by atoms with Crippen LogP contribution in [0.4, 0.5) is 11.4 Å². The van der Waals surface area contributed by atoms with Crippen molar-refractivity contribution in [3.8, 4) is 0 Å². The van der Waals surface area contributed by atoms with Gasteiger partial charge in [-0.1, -0.05) is 10.1 Å². The van der Waals surface area contributed by atoms with Crippen LogP contribution in [-0.2, 0) is 39.0 Å². The quantitative estimate of drug-likeness (QED) is 0.0238. The number of aromatic nitrogens is 2. The maximum atomic E-state index is 14.2. The molecule has 0 atom stereocenters. The van der Waals surface area contributed by atoms with Gasteiger partial charge in [0.1, 0.15) is 15.7 Å². The molecule has 7 aromatic rings. The van der Waals surface area contributed by atoms with Gasteiger partial charge in [0.2, 0.25) is 10.9 Å². The number of nitrogen functional groups attached to an aromatic ring is 2. The average Bonchev–Trinajstić information content (AvgIpc) is 3.09. The molecule has 7 rings (SSSR count). The third kappa shape index (κ3) is 5.25. The Kier molecular flexibility index (Phi) is 8.40. The van der Waals surface area contributed by atoms with E-state index in [1.54, 1.807) is 0 Å². The summed E-state index contributed by atoms with van der Waals surface area (Å²) in [5.41, 5.74) is 5.38. The van der Waals surface area contributed by atoms with E-state index in [0.29, 0.717) is 12.0 Å². The van der Waals surface area contributed by atoms with E-state index in [9.17, 15) is 45.1 Å². The largest absolute Gasteiger partial charge is 0.397 e. The summed E-state index contributed by atoms with van der Waals surface area (Å²) in [7, 11) is -10.3. The summed E-state index contributed by atoms with van der Waals surface area (Å²) in [6.07, 6.45) is 0. The zero-order chi connectivity index (χ0) is 37.6. The number of rotatable bonds is 8. The average molecular weight is 793 g/mol. The van der Waals surface area contributed by atoms with Crippen LogP contribution in [0.3, 0.4) is 0 Å². The summed E-state index contributed by atoms with van der Waals surface area (Å²) in [5, 5.41) is 21.1. The Morgan fingerprint density at radius 1 is 0.577 bits per heavy atom. The Hall–Kier alpha value is -4.96. The lowest BCUT2D eigenvalue weighted by atomic mass is 9.98. The molecule has 10 N–H and O–H groups in total. The molecule has 0 amide bonds. The molecular weight excluding hydrogens is 777 g/mol. The number of nitrogens with two attached hydrogens (primary N) is 2. The fourth-order valence-electron chi connectivity index (χ4n) is 6.18. The number of anilines is 2. The van der Waals surface area contributed by atoms with E-state index in [1.165, 1.54) is 18.2 Å². The fraction of sp³-hybridized carbons (Fsp3) is 0. The lowest BCUT2D eigenvalue weighted by Gasteiger charge is -2.10. The van der Waals surface area contributed by atoms with E-state index in [0.717, 1.165) is 18.2 Å². The highest BCUT2D eigenvalue weighted by Crippen LogP contribution is 2.39. The molecule has 20 nitrogen and oxygen atoms in total. The van der Waals surface area contributed by atoms with Gasteiger partial charge in [0.15, 0.2) is 15.8 Å². The Morgan fingerprint density at radius 2 is 1.08 bits per heavy atom. The van der Waals surface area contributed by atoms with E-state index >= 15 is 0 Å². The van der Waals surface area contributed by atoms with Gasteiger partial charge in [0, 0.05) is 26.4 Å². The lowest BCUT2D eigenvalue weighted by molar-refractivity contribution is -0.432. The molecule has 0 fully saturated rings. The van der Waals surface area contributed by atoms with Crippen molar-refractivity contribution < 1.29 is 65.2 Å². The molecule has 0 spiro atoms. The van der Waals surface area contributed by atoms with Crippen molar-refractivity contribution in [3.63, 3.8) is 0 Å². The minimum absolute atomic E-state index is 0.157. The second-order valence-electron chi connectivity index (χ2n) is 10.9. The number of aromatic amines is 2. The summed E-state index contributed by atoms with van der Waals surface area (Å²) < 4.78 is 78.7. The summed E-state index contributed by atoms with van der Waals surface area (Å²) in [6.45, 7) is 0. The van der Waals surface area contributed by atoms with Gasteiger partial charge in [-0.25, -0.2) is 10.5 Å². The number of hydrogen-bond acceptors (Lipinski definition) is 18. The highest BCUT2D eigenvalue weighted by Gasteiger charge is 2.37. The maximum absolute atomic E-state index is 14.2. The van der Waals surface area contributed by atoms with Gasteiger partial charge < -0.3 is 11.5 Å². The van der Waals surface area contributed by atoms with E-state index in [1.807, 2.05) is 0 Å². The normalized spacial score (nSPS) is 12.7. The molecule has 0 aliphatic carbocycles. The van der Waals surface area contributed by atoms with Gasteiger partial charge >= 0.3 is 15.6 Å². The summed E-state index contributed by atoms with van der Waals surface area (Å²) in [5.74, 6) is 0. The first-order chi connectivity index (χ1) is 24.5. The van der Waals surface area contributed by atoms with Crippen molar-refractivity contribution in [1.29, 1.82) is 0 Å². The van der Waals surface area contributed by atoms with Gasteiger partial charge in [0.25, 0.3) is 26.7 Å². The predicted octanol–water partition coefficient (Wildman–Crippen LogP) is 1.06. The fourth-order valence-corrected chi connectivity index (χ4v) is 8.41. The number of benzene rings is 6. The molecule has 52 heavy (non-hydrogen) atoms. The van der Waals surface area contributed by atoms with Gasteiger partial charge in [-0.05, 0) is 36.4 Å². The van der Waals surface area contributed by atoms with Crippen molar-refractivity contribution in [1.82, 2.24) is 0 Å². The molecule has 0 bridgehead atoms. The summed E-state index contributed by atoms with van der Waals surface area (Å²) in [4.78, 5) is 59.4. The Bertz CT molecular complexity index is 3230. The van der Waals surface area contributed by atoms with Crippen LogP contribution in [-0.4, -0.2) is 36.5 Å². The van der Waals surface area contributed by atoms with Crippen LogP contribution in [0.1, 0.15) is 0 Å². The Balaban J connectivity index is 1.79. The van der Waals surface area contributed by atoms with E-state index in [2.05, 4.69) is 28.7 Å². The molecule has 0 unspecified atom stereocenters. The van der Waals surface area contributed by atoms with Crippen molar-refractivity contribution in [2.24, 2.45) is 0 Å². The van der Waals surface area contributed by atoms with Crippen molar-refractivity contribution in [3.05, 3.63) is 77.3 Å². The molecule has 0 saturated heterocycles. The minimum atomic E-state index is -5.40. The first kappa shape index (κ1) is 35.4. The minimum Gasteiger partial charge on any atom is -0.397 e. The molecular formula is C28H16N4O16S4+2. The molecule has 266 valence electrons. The van der Waals surface area contributed by atoms with Gasteiger partial charge in [-0.3, -0.25) is 28.3 Å². The zero-order valence-corrected chi connectivity index (χ0v) is 28.2. The van der Waals surface area contributed by atoms with E-state index < -0.39 is 107 Å². The van der Waals surface area contributed by atoms with Crippen LogP contribution in [0.5, 0.6) is 0 Å². The van der Waals surface area contributed by atoms with Crippen molar-refractivity contribution in [2.45, 2.75) is 19.6 Å². The first-order valence-corrected chi connectivity index (χ1v) is 18.1. The van der Waals surface area contributed by atoms with Crippen LogP contribution in [0, 0.1) is 0 Å². The monoisotopic (exact) mass is 792 g/mol. The molecule has 24 heteroatoms. The molecule has 0 saturated carbocycles. The SMILES string of the molecule is Nc1c(SOOO)c2[nH+]c3c([nH+]c2c2c(=O)c4cc(S(=O)(=O)O)ccc4c(=O)c12)c(S(=O)(=O)O)c(N)c1c(=O)c2ccc(SOOO)cc2c(=O)c13. The Labute approximate surface area is 293 Å². The molecule has 1 aromatic heterocycles.